The predicted molar refractivity (Wildman–Crippen MR) is 52.9 cm³/mol. The van der Waals surface area contributed by atoms with E-state index in [-0.39, 0.29) is 5.54 Å². The van der Waals surface area contributed by atoms with Gasteiger partial charge in [0.15, 0.2) is 0 Å². The molecule has 0 aliphatic rings. The Morgan fingerprint density at radius 2 is 0.917 bits per heavy atom. The fourth-order valence-corrected chi connectivity index (χ4v) is 0. The molecular weight excluding hydrogens is 233 g/mol. The third-order valence-electron chi connectivity index (χ3n) is 0.300. The maximum absolute atomic E-state index is 5.75. The SMILES string of the molecule is CC(C)(C)[N]=[Nb].C[NH-].C[NH-].C[NH-]. The van der Waals surface area contributed by atoms with E-state index in [1.54, 1.807) is 0 Å². The monoisotopic (exact) mass is 254 g/mol. The van der Waals surface area contributed by atoms with Crippen LogP contribution in [-0.2, 0) is 20.9 Å². The second kappa shape index (κ2) is 22.5. The van der Waals surface area contributed by atoms with Gasteiger partial charge in [0.1, 0.15) is 0 Å². The summed E-state index contributed by atoms with van der Waals surface area (Å²) in [5.41, 5.74) is 17.4. The summed E-state index contributed by atoms with van der Waals surface area (Å²) in [5.74, 6) is 0. The Morgan fingerprint density at radius 3 is 0.917 bits per heavy atom. The Balaban J connectivity index is -0.0000000453. The van der Waals surface area contributed by atoms with E-state index in [9.17, 15) is 0 Å². The Bertz CT molecular complexity index is 60.9. The van der Waals surface area contributed by atoms with Gasteiger partial charge in [-0.15, -0.1) is 0 Å². The van der Waals surface area contributed by atoms with Gasteiger partial charge in [-0.1, -0.05) is 0 Å². The van der Waals surface area contributed by atoms with Crippen molar-refractivity contribution in [3.05, 3.63) is 17.2 Å². The molecule has 4 nitrogen and oxygen atoms in total. The van der Waals surface area contributed by atoms with Crippen molar-refractivity contribution in [1.29, 1.82) is 0 Å². The number of rotatable bonds is 0. The largest absolute Gasteiger partial charge is 0.680 e. The van der Waals surface area contributed by atoms with Crippen molar-refractivity contribution in [2.45, 2.75) is 26.3 Å². The van der Waals surface area contributed by atoms with Crippen molar-refractivity contribution >= 4 is 0 Å². The van der Waals surface area contributed by atoms with Crippen LogP contribution in [0.5, 0.6) is 0 Å². The summed E-state index contributed by atoms with van der Waals surface area (Å²) in [7, 11) is 3.75. The summed E-state index contributed by atoms with van der Waals surface area (Å²) in [6.45, 7) is 6.27. The van der Waals surface area contributed by atoms with Gasteiger partial charge >= 0.3 is 50.5 Å². The maximum Gasteiger partial charge on any atom is -0.164 e. The molecule has 0 aromatic heterocycles. The molecule has 5 heteroatoms. The quantitative estimate of drug-likeness (QED) is 0.592. The summed E-state index contributed by atoms with van der Waals surface area (Å²) in [6.07, 6.45) is 0. The van der Waals surface area contributed by atoms with Crippen LogP contribution >= 0.6 is 0 Å². The van der Waals surface area contributed by atoms with Crippen molar-refractivity contribution in [2.24, 2.45) is 3.34 Å². The zero-order chi connectivity index (χ0) is 11.2. The summed E-state index contributed by atoms with van der Waals surface area (Å²) in [4.78, 5) is 0. The molecule has 0 rings (SSSR count). The summed E-state index contributed by atoms with van der Waals surface area (Å²) in [6, 6.07) is 0. The minimum absolute atomic E-state index is 0.189. The minimum Gasteiger partial charge on any atom is -0.680 e. The molecule has 12 heavy (non-hydrogen) atoms. The van der Waals surface area contributed by atoms with Crippen molar-refractivity contribution in [3.63, 3.8) is 0 Å². The average Bonchev–Trinajstić information content (AvgIpc) is 2.14. The van der Waals surface area contributed by atoms with Gasteiger partial charge in [-0.05, 0) is 0 Å². The Hall–Kier alpha value is 0.420. The fraction of sp³-hybridized carbons (Fsp3) is 1.00. The normalized spacial score (nSPS) is 7.00. The van der Waals surface area contributed by atoms with E-state index in [4.69, 9.17) is 17.2 Å². The van der Waals surface area contributed by atoms with Gasteiger partial charge in [-0.2, -0.15) is 21.1 Å². The van der Waals surface area contributed by atoms with E-state index in [0.717, 1.165) is 0 Å². The van der Waals surface area contributed by atoms with E-state index < -0.39 is 0 Å². The molecule has 77 valence electrons. The third kappa shape index (κ3) is 79.0. The number of nitrogens with zero attached hydrogens (tertiary/aromatic N) is 1. The van der Waals surface area contributed by atoms with Crippen LogP contribution in [-0.4, -0.2) is 26.7 Å². The molecule has 0 aliphatic heterocycles. The second-order valence-corrected chi connectivity index (χ2v) is 2.76. The van der Waals surface area contributed by atoms with Crippen molar-refractivity contribution in [3.8, 4) is 0 Å². The van der Waals surface area contributed by atoms with Crippen molar-refractivity contribution in [2.75, 3.05) is 21.1 Å². The maximum atomic E-state index is 5.75. The van der Waals surface area contributed by atoms with Gasteiger partial charge in [0.25, 0.3) is 0 Å². The molecule has 0 unspecified atom stereocenters. The smallest absolute Gasteiger partial charge is 0.164 e. The van der Waals surface area contributed by atoms with E-state index in [2.05, 4.69) is 24.1 Å². The summed E-state index contributed by atoms with van der Waals surface area (Å²) >= 11 is 1.52. The van der Waals surface area contributed by atoms with Crippen LogP contribution in [0.4, 0.5) is 0 Å². The second-order valence-electron chi connectivity index (χ2n) is 2.27. The molecule has 0 saturated carbocycles. The van der Waals surface area contributed by atoms with Gasteiger partial charge in [0, 0.05) is 0 Å². The molecular formula is C7H21N4Nb-3. The van der Waals surface area contributed by atoms with Crippen LogP contribution in [0.1, 0.15) is 20.8 Å². The summed E-state index contributed by atoms with van der Waals surface area (Å²) < 4.78 is 4.07. The molecule has 0 aromatic rings. The van der Waals surface area contributed by atoms with E-state index in [1.807, 2.05) is 0 Å². The van der Waals surface area contributed by atoms with Gasteiger partial charge in [0.2, 0.25) is 0 Å². The Kier molecular flexibility index (Phi) is 42.9. The van der Waals surface area contributed by atoms with Crippen LogP contribution in [0.15, 0.2) is 3.34 Å². The van der Waals surface area contributed by atoms with E-state index >= 15 is 0 Å². The number of nitrogens with one attached hydrogen (secondary N) is 3. The molecule has 0 spiro atoms. The predicted octanol–water partition coefficient (Wildman–Crippen LogP) is 3.52. The minimum atomic E-state index is 0.189. The first kappa shape index (κ1) is 22.8. The molecule has 0 atom stereocenters. The zero-order valence-corrected chi connectivity index (χ0v) is 11.1. The van der Waals surface area contributed by atoms with Crippen LogP contribution in [0.25, 0.3) is 17.2 Å². The van der Waals surface area contributed by atoms with Crippen LogP contribution < -0.4 is 0 Å². The van der Waals surface area contributed by atoms with Crippen LogP contribution in [0.2, 0.25) is 0 Å². The van der Waals surface area contributed by atoms with Gasteiger partial charge in [-0.3, -0.25) is 0 Å². The molecule has 0 amide bonds. The first-order chi connectivity index (χ1) is 5.56. The van der Waals surface area contributed by atoms with Crippen LogP contribution in [0.3, 0.4) is 0 Å². The molecule has 0 fully saturated rings. The standard InChI is InChI=1S/C4H9N.3CH4N.Nb/c1-4(2,3)5;3*1-2;/h1-3H3;3*2H,1H3;/q;3*-1;. The molecule has 0 saturated heterocycles. The molecule has 0 aromatic carbocycles. The third-order valence-corrected chi connectivity index (χ3v) is 1.77. The fourth-order valence-electron chi connectivity index (χ4n) is 0. The number of hydrogen-bond acceptors (Lipinski definition) is 1. The topological polar surface area (TPSA) is 83.8 Å². The molecule has 0 heterocycles. The Labute approximate surface area is 89.1 Å². The van der Waals surface area contributed by atoms with Gasteiger partial charge < -0.3 is 17.2 Å². The van der Waals surface area contributed by atoms with E-state index in [1.165, 1.54) is 42.0 Å². The zero-order valence-electron chi connectivity index (χ0n) is 8.89. The first-order valence-electron chi connectivity index (χ1n) is 3.42. The number of hydrogen-bond donors (Lipinski definition) is 0. The van der Waals surface area contributed by atoms with Gasteiger partial charge in [0.05, 0.1) is 0 Å². The molecule has 0 bridgehead atoms. The van der Waals surface area contributed by atoms with Crippen molar-refractivity contribution in [1.82, 2.24) is 0 Å². The molecule has 0 aliphatic carbocycles. The van der Waals surface area contributed by atoms with Gasteiger partial charge in [-0.25, -0.2) is 0 Å². The van der Waals surface area contributed by atoms with E-state index in [0.29, 0.717) is 0 Å². The van der Waals surface area contributed by atoms with Crippen molar-refractivity contribution < 1.29 is 20.9 Å². The average molecular weight is 254 g/mol. The van der Waals surface area contributed by atoms with Crippen LogP contribution in [0, 0.1) is 0 Å². The summed E-state index contributed by atoms with van der Waals surface area (Å²) in [5, 5.41) is 0. The molecule has 0 radical (unpaired) electrons. The molecule has 3 N–H and O–H groups in total. The first-order valence-corrected chi connectivity index (χ1v) is 4.41. The Morgan fingerprint density at radius 1 is 0.833 bits per heavy atom.